The van der Waals surface area contributed by atoms with Crippen LogP contribution in [0.3, 0.4) is 0 Å². The number of hydrogen-bond donors (Lipinski definition) is 2. The molecule has 1 aromatic rings. The number of hydrogen-bond acceptors (Lipinski definition) is 6. The minimum absolute atomic E-state index is 0. The summed E-state index contributed by atoms with van der Waals surface area (Å²) >= 11 is 0. The number of ether oxygens (including phenoxy) is 2. The Morgan fingerprint density at radius 3 is 2.57 bits per heavy atom. The normalized spacial score (nSPS) is 17.8. The fourth-order valence-electron chi connectivity index (χ4n) is 2.38. The molecule has 2 atom stereocenters. The van der Waals surface area contributed by atoms with Gasteiger partial charge in [0.15, 0.2) is 0 Å². The van der Waals surface area contributed by atoms with E-state index >= 15 is 0 Å². The number of aromatic hydroxyl groups is 2. The Bertz CT molecular complexity index is 519. The van der Waals surface area contributed by atoms with E-state index in [0.717, 1.165) is 38.9 Å². The van der Waals surface area contributed by atoms with E-state index < -0.39 is 5.97 Å². The van der Waals surface area contributed by atoms with Crippen LogP contribution >= 0.6 is 12.4 Å². The summed E-state index contributed by atoms with van der Waals surface area (Å²) in [5, 5.41) is 18.9. The number of carbonyl (C=O) groups is 1. The van der Waals surface area contributed by atoms with Crippen LogP contribution in [0.1, 0.15) is 24.2 Å². The van der Waals surface area contributed by atoms with E-state index in [-0.39, 0.29) is 41.5 Å². The molecule has 1 aromatic carbocycles. The fourth-order valence-corrected chi connectivity index (χ4v) is 2.38. The van der Waals surface area contributed by atoms with Gasteiger partial charge >= 0.3 is 5.97 Å². The summed E-state index contributed by atoms with van der Waals surface area (Å²) < 4.78 is 10.7. The molecular weight excluding hydrogens is 322 g/mol. The van der Waals surface area contributed by atoms with Crippen molar-refractivity contribution in [3.8, 4) is 11.5 Å². The molecule has 0 saturated carbocycles. The van der Waals surface area contributed by atoms with Crippen molar-refractivity contribution in [1.82, 2.24) is 4.90 Å². The van der Waals surface area contributed by atoms with E-state index in [4.69, 9.17) is 9.47 Å². The van der Waals surface area contributed by atoms with Crippen LogP contribution < -0.4 is 0 Å². The molecule has 1 saturated heterocycles. The number of carbonyl (C=O) groups excluding carboxylic acids is 1. The monoisotopic (exact) mass is 345 g/mol. The maximum absolute atomic E-state index is 12.1. The zero-order valence-corrected chi connectivity index (χ0v) is 14.2. The average molecular weight is 346 g/mol. The molecule has 1 fully saturated rings. The van der Waals surface area contributed by atoms with Gasteiger partial charge in [0.2, 0.25) is 0 Å². The summed E-state index contributed by atoms with van der Waals surface area (Å²) in [6.45, 7) is 7.97. The minimum Gasteiger partial charge on any atom is -0.508 e. The van der Waals surface area contributed by atoms with Crippen LogP contribution in [0.2, 0.25) is 0 Å². The number of halogens is 1. The van der Waals surface area contributed by atoms with Crippen molar-refractivity contribution < 1.29 is 24.5 Å². The number of nitrogens with zero attached hydrogens (tertiary/aromatic N) is 1. The number of phenols is 2. The van der Waals surface area contributed by atoms with Crippen LogP contribution in [0.15, 0.2) is 18.2 Å². The molecule has 130 valence electrons. The fraction of sp³-hybridized carbons (Fsp3) is 0.562. The molecular formula is C16H24ClNO5. The van der Waals surface area contributed by atoms with Crippen LogP contribution in [0, 0.1) is 5.92 Å². The summed E-state index contributed by atoms with van der Waals surface area (Å²) in [5.74, 6) is -0.791. The van der Waals surface area contributed by atoms with Crippen LogP contribution in [-0.4, -0.2) is 60.0 Å². The van der Waals surface area contributed by atoms with Crippen molar-refractivity contribution >= 4 is 18.4 Å². The lowest BCUT2D eigenvalue weighted by molar-refractivity contribution is 0.000288. The first-order chi connectivity index (χ1) is 10.5. The van der Waals surface area contributed by atoms with Gasteiger partial charge in [0.25, 0.3) is 0 Å². The highest BCUT2D eigenvalue weighted by molar-refractivity contribution is 5.92. The van der Waals surface area contributed by atoms with Crippen molar-refractivity contribution in [3.05, 3.63) is 23.8 Å². The molecule has 0 amide bonds. The van der Waals surface area contributed by atoms with Crippen LogP contribution in [0.5, 0.6) is 11.5 Å². The van der Waals surface area contributed by atoms with Crippen molar-refractivity contribution in [2.45, 2.75) is 20.0 Å². The first-order valence-electron chi connectivity index (χ1n) is 7.50. The van der Waals surface area contributed by atoms with Crippen molar-refractivity contribution in [1.29, 1.82) is 0 Å². The standard InChI is InChI=1S/C16H23NO5.ClH/c1-11(10-17-5-7-21-8-6-17)12(2)22-16(20)14-4-3-13(18)9-15(14)19;/h3-4,9,11-12,18-19H,5-8,10H2,1-2H3;1H. The Morgan fingerprint density at radius 1 is 1.30 bits per heavy atom. The van der Waals surface area contributed by atoms with Gasteiger partial charge in [-0.2, -0.15) is 0 Å². The predicted molar refractivity (Wildman–Crippen MR) is 88.3 cm³/mol. The molecule has 2 N–H and O–H groups in total. The van der Waals surface area contributed by atoms with Gasteiger partial charge < -0.3 is 19.7 Å². The maximum atomic E-state index is 12.1. The van der Waals surface area contributed by atoms with Gasteiger partial charge in [-0.25, -0.2) is 4.79 Å². The lowest BCUT2D eigenvalue weighted by Gasteiger charge is -2.31. The zero-order valence-electron chi connectivity index (χ0n) is 13.4. The first kappa shape index (κ1) is 19.5. The highest BCUT2D eigenvalue weighted by atomic mass is 35.5. The third-order valence-corrected chi connectivity index (χ3v) is 3.95. The lowest BCUT2D eigenvalue weighted by Crippen LogP contribution is -2.41. The summed E-state index contributed by atoms with van der Waals surface area (Å²) in [6, 6.07) is 3.82. The second-order valence-electron chi connectivity index (χ2n) is 5.70. The predicted octanol–water partition coefficient (Wildman–Crippen LogP) is 2.03. The van der Waals surface area contributed by atoms with Gasteiger partial charge in [-0.1, -0.05) is 6.92 Å². The summed E-state index contributed by atoms with van der Waals surface area (Å²) in [4.78, 5) is 14.4. The smallest absolute Gasteiger partial charge is 0.342 e. The summed E-state index contributed by atoms with van der Waals surface area (Å²) in [6.07, 6.45) is -0.274. The molecule has 1 heterocycles. The minimum atomic E-state index is -0.584. The van der Waals surface area contributed by atoms with E-state index in [1.165, 1.54) is 12.1 Å². The quantitative estimate of drug-likeness (QED) is 0.795. The largest absolute Gasteiger partial charge is 0.508 e. The number of morpholine rings is 1. The molecule has 0 aromatic heterocycles. The topological polar surface area (TPSA) is 79.2 Å². The van der Waals surface area contributed by atoms with Crippen LogP contribution in [-0.2, 0) is 9.47 Å². The zero-order chi connectivity index (χ0) is 16.1. The molecule has 0 spiro atoms. The molecule has 2 unspecified atom stereocenters. The number of esters is 1. The van der Waals surface area contributed by atoms with Gasteiger partial charge in [-0.15, -0.1) is 12.4 Å². The highest BCUT2D eigenvalue weighted by Crippen LogP contribution is 2.24. The van der Waals surface area contributed by atoms with Crippen molar-refractivity contribution in [3.63, 3.8) is 0 Å². The van der Waals surface area contributed by atoms with Gasteiger partial charge in [0, 0.05) is 31.6 Å². The van der Waals surface area contributed by atoms with E-state index in [0.29, 0.717) is 0 Å². The van der Waals surface area contributed by atoms with Gasteiger partial charge in [-0.05, 0) is 19.1 Å². The maximum Gasteiger partial charge on any atom is 0.342 e. The Hall–Kier alpha value is -1.50. The second kappa shape index (κ2) is 8.96. The Balaban J connectivity index is 0.00000264. The molecule has 7 heteroatoms. The van der Waals surface area contributed by atoms with Crippen molar-refractivity contribution in [2.24, 2.45) is 5.92 Å². The molecule has 0 aliphatic carbocycles. The Morgan fingerprint density at radius 2 is 1.96 bits per heavy atom. The highest BCUT2D eigenvalue weighted by Gasteiger charge is 2.23. The number of phenolic OH excluding ortho intramolecular Hbond substituents is 2. The molecule has 6 nitrogen and oxygen atoms in total. The van der Waals surface area contributed by atoms with E-state index in [1.54, 1.807) is 0 Å². The summed E-state index contributed by atoms with van der Waals surface area (Å²) in [5.41, 5.74) is 0.0585. The molecule has 0 radical (unpaired) electrons. The molecule has 2 rings (SSSR count). The molecule has 0 bridgehead atoms. The first-order valence-corrected chi connectivity index (χ1v) is 7.50. The van der Waals surface area contributed by atoms with Gasteiger partial charge in [-0.3, -0.25) is 4.90 Å². The average Bonchev–Trinajstić information content (AvgIpc) is 2.47. The van der Waals surface area contributed by atoms with Crippen molar-refractivity contribution in [2.75, 3.05) is 32.8 Å². The third-order valence-electron chi connectivity index (χ3n) is 3.95. The molecule has 1 aliphatic heterocycles. The number of rotatable bonds is 5. The lowest BCUT2D eigenvalue weighted by atomic mass is 10.1. The Kier molecular flexibility index (Phi) is 7.61. The van der Waals surface area contributed by atoms with E-state index in [9.17, 15) is 15.0 Å². The second-order valence-corrected chi connectivity index (χ2v) is 5.70. The SMILES string of the molecule is CC(CN1CCOCC1)C(C)OC(=O)c1ccc(O)cc1O.Cl. The van der Waals surface area contributed by atoms with Crippen LogP contribution in [0.4, 0.5) is 0 Å². The van der Waals surface area contributed by atoms with Gasteiger partial charge in [0.05, 0.1) is 13.2 Å². The Labute approximate surface area is 142 Å². The third kappa shape index (κ3) is 5.57. The van der Waals surface area contributed by atoms with Crippen LogP contribution in [0.25, 0.3) is 0 Å². The number of benzene rings is 1. The van der Waals surface area contributed by atoms with Gasteiger partial charge in [0.1, 0.15) is 23.2 Å². The molecule has 1 aliphatic rings. The van der Waals surface area contributed by atoms with E-state index in [2.05, 4.69) is 4.90 Å². The molecule has 23 heavy (non-hydrogen) atoms. The van der Waals surface area contributed by atoms with E-state index in [1.807, 2.05) is 13.8 Å². The summed E-state index contributed by atoms with van der Waals surface area (Å²) in [7, 11) is 0.